The Hall–Kier alpha value is -1.60. The van der Waals surface area contributed by atoms with Crippen LogP contribution in [0.15, 0.2) is 12.1 Å². The van der Waals surface area contributed by atoms with E-state index in [0.717, 1.165) is 9.21 Å². The number of halogens is 1. The van der Waals surface area contributed by atoms with Gasteiger partial charge in [0, 0.05) is 4.88 Å². The summed E-state index contributed by atoms with van der Waals surface area (Å²) in [6, 6.07) is 4.24. The Balaban J connectivity index is 2.18. The van der Waals surface area contributed by atoms with Crippen LogP contribution in [-0.2, 0) is 0 Å². The van der Waals surface area contributed by atoms with Gasteiger partial charge in [0.1, 0.15) is 0 Å². The topological polar surface area (TPSA) is 69.2 Å². The Labute approximate surface area is 119 Å². The predicted molar refractivity (Wildman–Crippen MR) is 74.3 cm³/mol. The molecule has 0 saturated heterocycles. The predicted octanol–water partition coefficient (Wildman–Crippen LogP) is 2.78. The Morgan fingerprint density at radius 1 is 1.16 bits per heavy atom. The zero-order chi connectivity index (χ0) is 13.8. The third-order valence-corrected chi connectivity index (χ3v) is 3.74. The van der Waals surface area contributed by atoms with Crippen LogP contribution >= 0.6 is 22.9 Å². The van der Waals surface area contributed by atoms with Gasteiger partial charge in [0.2, 0.25) is 5.95 Å². The minimum absolute atomic E-state index is 0.0225. The molecule has 102 valence electrons. The minimum Gasteiger partial charge on any atom is -0.467 e. The number of thiophene rings is 1. The van der Waals surface area contributed by atoms with E-state index >= 15 is 0 Å². The van der Waals surface area contributed by atoms with Crippen LogP contribution < -0.4 is 14.8 Å². The largest absolute Gasteiger partial charge is 0.467 e. The van der Waals surface area contributed by atoms with Crippen molar-refractivity contribution < 1.29 is 9.47 Å². The van der Waals surface area contributed by atoms with Crippen LogP contribution in [0.5, 0.6) is 12.0 Å². The van der Waals surface area contributed by atoms with Gasteiger partial charge in [-0.25, -0.2) is 0 Å². The standard InChI is InChI=1S/C11H13ClN4O2S/c1-6(7-4-5-8(12)19-7)13-9-14-10(17-2)16-11(15-9)18-3/h4-6H,1-3H3,(H,13,14,15,16). The molecule has 1 N–H and O–H groups in total. The smallest absolute Gasteiger partial charge is 0.324 e. The highest BCUT2D eigenvalue weighted by atomic mass is 35.5. The molecule has 0 saturated carbocycles. The zero-order valence-electron chi connectivity index (χ0n) is 10.7. The first kappa shape index (κ1) is 13.8. The van der Waals surface area contributed by atoms with Crippen molar-refractivity contribution >= 4 is 28.9 Å². The fraction of sp³-hybridized carbons (Fsp3) is 0.364. The summed E-state index contributed by atoms with van der Waals surface area (Å²) < 4.78 is 10.7. The first-order valence-electron chi connectivity index (χ1n) is 5.48. The van der Waals surface area contributed by atoms with Crippen LogP contribution in [0.4, 0.5) is 5.95 Å². The number of ether oxygens (including phenoxy) is 2. The average Bonchev–Trinajstić information content (AvgIpc) is 2.85. The van der Waals surface area contributed by atoms with E-state index in [1.807, 2.05) is 19.1 Å². The summed E-state index contributed by atoms with van der Waals surface area (Å²) in [6.07, 6.45) is 0. The Kier molecular flexibility index (Phi) is 4.39. The number of methoxy groups -OCH3 is 2. The lowest BCUT2D eigenvalue weighted by atomic mass is 10.3. The second kappa shape index (κ2) is 6.03. The molecular weight excluding hydrogens is 288 g/mol. The molecule has 0 spiro atoms. The van der Waals surface area contributed by atoms with Crippen LogP contribution in [0.1, 0.15) is 17.8 Å². The highest BCUT2D eigenvalue weighted by molar-refractivity contribution is 7.16. The Bertz CT molecular complexity index is 541. The normalized spacial score (nSPS) is 12.0. The summed E-state index contributed by atoms with van der Waals surface area (Å²) in [5, 5.41) is 3.15. The lowest BCUT2D eigenvalue weighted by Gasteiger charge is -2.12. The van der Waals surface area contributed by atoms with E-state index in [1.165, 1.54) is 25.6 Å². The van der Waals surface area contributed by atoms with Gasteiger partial charge in [-0.15, -0.1) is 16.3 Å². The molecule has 0 aliphatic rings. The quantitative estimate of drug-likeness (QED) is 0.915. The van der Waals surface area contributed by atoms with E-state index in [0.29, 0.717) is 5.95 Å². The third kappa shape index (κ3) is 3.45. The lowest BCUT2D eigenvalue weighted by molar-refractivity contribution is 0.341. The van der Waals surface area contributed by atoms with E-state index in [9.17, 15) is 0 Å². The van der Waals surface area contributed by atoms with Gasteiger partial charge in [0.25, 0.3) is 0 Å². The molecule has 0 aliphatic carbocycles. The molecule has 0 fully saturated rings. The number of nitrogens with zero attached hydrogens (tertiary/aromatic N) is 3. The summed E-state index contributed by atoms with van der Waals surface area (Å²) in [6.45, 7) is 1.99. The summed E-state index contributed by atoms with van der Waals surface area (Å²) in [5.41, 5.74) is 0. The van der Waals surface area contributed by atoms with Crippen molar-refractivity contribution in [3.05, 3.63) is 21.3 Å². The van der Waals surface area contributed by atoms with Crippen molar-refractivity contribution in [2.45, 2.75) is 13.0 Å². The fourth-order valence-corrected chi connectivity index (χ4v) is 2.47. The molecular formula is C11H13ClN4O2S. The van der Waals surface area contributed by atoms with Crippen LogP contribution in [0.25, 0.3) is 0 Å². The Morgan fingerprint density at radius 3 is 2.26 bits per heavy atom. The molecule has 0 aromatic carbocycles. The summed E-state index contributed by atoms with van der Waals surface area (Å²) in [7, 11) is 2.97. The number of nitrogens with one attached hydrogen (secondary N) is 1. The molecule has 2 rings (SSSR count). The van der Waals surface area contributed by atoms with E-state index < -0.39 is 0 Å². The second-order valence-corrected chi connectivity index (χ2v) is 5.39. The first-order valence-corrected chi connectivity index (χ1v) is 6.67. The van der Waals surface area contributed by atoms with Crippen LogP contribution in [0.2, 0.25) is 4.34 Å². The minimum atomic E-state index is 0.0225. The second-order valence-electron chi connectivity index (χ2n) is 3.64. The summed E-state index contributed by atoms with van der Waals surface area (Å²) in [4.78, 5) is 13.2. The molecule has 19 heavy (non-hydrogen) atoms. The maximum absolute atomic E-state index is 5.91. The highest BCUT2D eigenvalue weighted by Gasteiger charge is 2.12. The Morgan fingerprint density at radius 2 is 1.79 bits per heavy atom. The molecule has 2 heterocycles. The van der Waals surface area contributed by atoms with Crippen molar-refractivity contribution in [3.63, 3.8) is 0 Å². The van der Waals surface area contributed by atoms with E-state index in [4.69, 9.17) is 21.1 Å². The molecule has 1 atom stereocenters. The van der Waals surface area contributed by atoms with Gasteiger partial charge in [-0.3, -0.25) is 0 Å². The molecule has 8 heteroatoms. The molecule has 0 radical (unpaired) electrons. The molecule has 2 aromatic heterocycles. The van der Waals surface area contributed by atoms with Gasteiger partial charge in [-0.2, -0.15) is 9.97 Å². The maximum atomic E-state index is 5.91. The monoisotopic (exact) mass is 300 g/mol. The van der Waals surface area contributed by atoms with E-state index in [2.05, 4.69) is 20.3 Å². The van der Waals surface area contributed by atoms with E-state index in [-0.39, 0.29) is 18.1 Å². The number of hydrogen-bond acceptors (Lipinski definition) is 7. The molecule has 1 unspecified atom stereocenters. The van der Waals surface area contributed by atoms with Gasteiger partial charge < -0.3 is 14.8 Å². The fourth-order valence-electron chi connectivity index (χ4n) is 1.41. The lowest BCUT2D eigenvalue weighted by Crippen LogP contribution is -2.10. The van der Waals surface area contributed by atoms with E-state index in [1.54, 1.807) is 0 Å². The summed E-state index contributed by atoms with van der Waals surface area (Å²) >= 11 is 7.42. The molecule has 6 nitrogen and oxygen atoms in total. The van der Waals surface area contributed by atoms with Crippen LogP contribution in [-0.4, -0.2) is 29.2 Å². The van der Waals surface area contributed by atoms with Gasteiger partial charge in [-0.05, 0) is 19.1 Å². The number of aromatic nitrogens is 3. The summed E-state index contributed by atoms with van der Waals surface area (Å²) in [5.74, 6) is 0.390. The maximum Gasteiger partial charge on any atom is 0.324 e. The zero-order valence-corrected chi connectivity index (χ0v) is 12.2. The SMILES string of the molecule is COc1nc(NC(C)c2ccc(Cl)s2)nc(OC)n1. The van der Waals surface area contributed by atoms with Crippen molar-refractivity contribution in [2.75, 3.05) is 19.5 Å². The number of rotatable bonds is 5. The van der Waals surface area contributed by atoms with Crippen molar-refractivity contribution in [2.24, 2.45) is 0 Å². The van der Waals surface area contributed by atoms with Crippen LogP contribution in [0.3, 0.4) is 0 Å². The highest BCUT2D eigenvalue weighted by Crippen LogP contribution is 2.28. The van der Waals surface area contributed by atoms with Gasteiger partial charge >= 0.3 is 12.0 Å². The average molecular weight is 301 g/mol. The van der Waals surface area contributed by atoms with Gasteiger partial charge in [-0.1, -0.05) is 11.6 Å². The molecule has 0 aliphatic heterocycles. The van der Waals surface area contributed by atoms with Gasteiger partial charge in [0.05, 0.1) is 24.6 Å². The van der Waals surface area contributed by atoms with Crippen LogP contribution in [0, 0.1) is 0 Å². The van der Waals surface area contributed by atoms with Crippen molar-refractivity contribution in [3.8, 4) is 12.0 Å². The molecule has 0 amide bonds. The van der Waals surface area contributed by atoms with Crippen molar-refractivity contribution in [1.82, 2.24) is 15.0 Å². The molecule has 2 aromatic rings. The van der Waals surface area contributed by atoms with Gasteiger partial charge in [0.15, 0.2) is 0 Å². The third-order valence-electron chi connectivity index (χ3n) is 2.33. The number of anilines is 1. The number of hydrogen-bond donors (Lipinski definition) is 1. The van der Waals surface area contributed by atoms with Crippen molar-refractivity contribution in [1.29, 1.82) is 0 Å². The molecule has 0 bridgehead atoms. The first-order chi connectivity index (χ1) is 9.12.